The Labute approximate surface area is 182 Å². The number of hydrogen-bond acceptors (Lipinski definition) is 3. The lowest BCUT2D eigenvalue weighted by Gasteiger charge is -2.44. The molecule has 172 valence electrons. The minimum atomic E-state index is 0.657. The van der Waals surface area contributed by atoms with Crippen LogP contribution in [0.15, 0.2) is 0 Å². The fourth-order valence-corrected chi connectivity index (χ4v) is 5.45. The second-order valence-corrected chi connectivity index (χ2v) is 9.66. The molecule has 2 aliphatic heterocycles. The van der Waals surface area contributed by atoms with E-state index in [2.05, 4.69) is 30.6 Å². The topological polar surface area (TPSA) is 15.7 Å². The van der Waals surface area contributed by atoms with Crippen molar-refractivity contribution in [2.45, 2.75) is 97.6 Å². The van der Waals surface area contributed by atoms with Gasteiger partial charge in [0.1, 0.15) is 0 Å². The fourth-order valence-electron chi connectivity index (χ4n) is 5.45. The number of ether oxygens (including phenoxy) is 1. The van der Waals surface area contributed by atoms with Crippen LogP contribution in [0.2, 0.25) is 0 Å². The Morgan fingerprint density at radius 2 is 1.14 bits per heavy atom. The lowest BCUT2D eigenvalue weighted by Crippen LogP contribution is -2.55. The van der Waals surface area contributed by atoms with Gasteiger partial charge in [-0.25, -0.2) is 0 Å². The van der Waals surface area contributed by atoms with Crippen molar-refractivity contribution in [2.24, 2.45) is 0 Å². The zero-order valence-electron chi connectivity index (χ0n) is 20.2. The molecule has 29 heavy (non-hydrogen) atoms. The van der Waals surface area contributed by atoms with E-state index < -0.39 is 0 Å². The van der Waals surface area contributed by atoms with Crippen LogP contribution in [0.3, 0.4) is 0 Å². The summed E-state index contributed by atoms with van der Waals surface area (Å²) < 4.78 is 7.06. The van der Waals surface area contributed by atoms with Crippen molar-refractivity contribution in [3.63, 3.8) is 0 Å². The number of unbranched alkanes of at least 4 members (excludes halogenated alkanes) is 3. The molecule has 0 amide bonds. The summed E-state index contributed by atoms with van der Waals surface area (Å²) in [4.78, 5) is 5.56. The van der Waals surface area contributed by atoms with Crippen molar-refractivity contribution in [1.82, 2.24) is 9.80 Å². The molecule has 2 heterocycles. The van der Waals surface area contributed by atoms with Crippen LogP contribution in [0, 0.1) is 0 Å². The number of hydrogen-bond donors (Lipinski definition) is 0. The maximum absolute atomic E-state index is 5.67. The first-order valence-corrected chi connectivity index (χ1v) is 13.2. The van der Waals surface area contributed by atoms with Crippen molar-refractivity contribution < 1.29 is 9.22 Å². The number of nitrogens with zero attached hydrogens (tertiary/aromatic N) is 3. The number of rotatable bonds is 15. The summed E-state index contributed by atoms with van der Waals surface area (Å²) in [7, 11) is 0. The Kier molecular flexibility index (Phi) is 12.8. The molecule has 0 aliphatic carbocycles. The van der Waals surface area contributed by atoms with Gasteiger partial charge in [-0.2, -0.15) is 0 Å². The minimum absolute atomic E-state index is 0.657. The molecule has 2 saturated heterocycles. The van der Waals surface area contributed by atoms with E-state index in [4.69, 9.17) is 4.74 Å². The molecule has 0 spiro atoms. The van der Waals surface area contributed by atoms with E-state index in [1.54, 1.807) is 0 Å². The molecule has 4 nitrogen and oxygen atoms in total. The van der Waals surface area contributed by atoms with Gasteiger partial charge in [0.15, 0.2) is 0 Å². The Balaban J connectivity index is 1.98. The van der Waals surface area contributed by atoms with Gasteiger partial charge in [0.05, 0.1) is 45.6 Å². The van der Waals surface area contributed by atoms with Crippen LogP contribution in [0.25, 0.3) is 0 Å². The predicted molar refractivity (Wildman–Crippen MR) is 125 cm³/mol. The van der Waals surface area contributed by atoms with Crippen LogP contribution in [0.5, 0.6) is 0 Å². The zero-order chi connectivity index (χ0) is 20.8. The summed E-state index contributed by atoms with van der Waals surface area (Å²) >= 11 is 0. The quantitative estimate of drug-likeness (QED) is 0.348. The highest BCUT2D eigenvalue weighted by Gasteiger charge is 2.30. The Hall–Kier alpha value is -0.160. The molecule has 0 bridgehead atoms. The number of likely N-dealkylation sites (tertiary alicyclic amines) is 1. The van der Waals surface area contributed by atoms with E-state index >= 15 is 0 Å². The van der Waals surface area contributed by atoms with Gasteiger partial charge in [0.25, 0.3) is 0 Å². The van der Waals surface area contributed by atoms with Gasteiger partial charge in [-0.05, 0) is 58.0 Å². The second kappa shape index (κ2) is 14.8. The third-order valence-corrected chi connectivity index (χ3v) is 7.33. The molecule has 1 unspecified atom stereocenters. The average molecular weight is 411 g/mol. The molecule has 2 aliphatic rings. The first-order chi connectivity index (χ1) is 14.2. The molecule has 0 saturated carbocycles. The third-order valence-electron chi connectivity index (χ3n) is 7.33. The molecule has 0 radical (unpaired) electrons. The normalized spacial score (nSPS) is 20.8. The van der Waals surface area contributed by atoms with Crippen LogP contribution in [0.4, 0.5) is 0 Å². The smallest absolute Gasteiger partial charge is 0.0787 e. The minimum Gasteiger partial charge on any atom is -0.379 e. The maximum Gasteiger partial charge on any atom is 0.0787 e. The highest BCUT2D eigenvalue weighted by Crippen LogP contribution is 2.22. The highest BCUT2D eigenvalue weighted by atomic mass is 16.5. The third kappa shape index (κ3) is 8.85. The van der Waals surface area contributed by atoms with Crippen molar-refractivity contribution in [3.8, 4) is 0 Å². The SMILES string of the molecule is CCCC[N+](CCCC)(CCCC)CCCC(N1CCCCC1)N1CCOCC1. The summed E-state index contributed by atoms with van der Waals surface area (Å²) in [5.41, 5.74) is 0. The maximum atomic E-state index is 5.67. The number of morpholine rings is 1. The molecule has 2 fully saturated rings. The number of piperidine rings is 1. The van der Waals surface area contributed by atoms with Crippen LogP contribution in [-0.4, -0.2) is 86.0 Å². The summed E-state index contributed by atoms with van der Waals surface area (Å²) in [6.07, 6.45) is 15.8. The van der Waals surface area contributed by atoms with Gasteiger partial charge in [-0.1, -0.05) is 46.5 Å². The van der Waals surface area contributed by atoms with E-state index in [9.17, 15) is 0 Å². The van der Waals surface area contributed by atoms with Crippen molar-refractivity contribution >= 4 is 0 Å². The zero-order valence-corrected chi connectivity index (χ0v) is 20.2. The van der Waals surface area contributed by atoms with Crippen LogP contribution in [-0.2, 0) is 4.74 Å². The first kappa shape index (κ1) is 25.1. The summed E-state index contributed by atoms with van der Waals surface area (Å²) in [6, 6.07) is 0. The van der Waals surface area contributed by atoms with Gasteiger partial charge in [0.2, 0.25) is 0 Å². The lowest BCUT2D eigenvalue weighted by molar-refractivity contribution is -0.929. The first-order valence-electron chi connectivity index (χ1n) is 13.2. The average Bonchev–Trinajstić information content (AvgIpc) is 2.78. The Bertz CT molecular complexity index is 352. The molecule has 4 heteroatoms. The molecule has 2 rings (SSSR count). The van der Waals surface area contributed by atoms with Gasteiger partial charge in [-0.3, -0.25) is 9.80 Å². The van der Waals surface area contributed by atoms with Crippen molar-refractivity contribution in [3.05, 3.63) is 0 Å². The van der Waals surface area contributed by atoms with Crippen molar-refractivity contribution in [2.75, 3.05) is 65.6 Å². The van der Waals surface area contributed by atoms with E-state index in [0.29, 0.717) is 6.17 Å². The van der Waals surface area contributed by atoms with Gasteiger partial charge >= 0.3 is 0 Å². The largest absolute Gasteiger partial charge is 0.379 e. The standard InChI is InChI=1S/C25H52N3O/c1-4-7-19-28(20-8-5-2,21-9-6-3)22-13-14-25(26-15-11-10-12-16-26)27-17-23-29-24-18-27/h25H,4-24H2,1-3H3/q+1. The van der Waals surface area contributed by atoms with Crippen LogP contribution >= 0.6 is 0 Å². The molecule has 0 N–H and O–H groups in total. The van der Waals surface area contributed by atoms with Gasteiger partial charge in [0, 0.05) is 13.1 Å². The van der Waals surface area contributed by atoms with Crippen LogP contribution in [0.1, 0.15) is 91.4 Å². The molecular weight excluding hydrogens is 358 g/mol. The number of quaternary nitrogens is 1. The Morgan fingerprint density at radius 1 is 0.655 bits per heavy atom. The van der Waals surface area contributed by atoms with E-state index in [1.165, 1.54) is 114 Å². The summed E-state index contributed by atoms with van der Waals surface area (Å²) in [6.45, 7) is 19.4. The lowest BCUT2D eigenvalue weighted by atomic mass is 10.1. The summed E-state index contributed by atoms with van der Waals surface area (Å²) in [5.74, 6) is 0. The van der Waals surface area contributed by atoms with E-state index in [1.807, 2.05) is 0 Å². The Morgan fingerprint density at radius 3 is 1.66 bits per heavy atom. The van der Waals surface area contributed by atoms with Gasteiger partial charge < -0.3 is 9.22 Å². The molecule has 0 aromatic heterocycles. The predicted octanol–water partition coefficient (Wildman–Crippen LogP) is 5.13. The van der Waals surface area contributed by atoms with Gasteiger partial charge in [-0.15, -0.1) is 0 Å². The monoisotopic (exact) mass is 410 g/mol. The van der Waals surface area contributed by atoms with E-state index in [-0.39, 0.29) is 0 Å². The fraction of sp³-hybridized carbons (Fsp3) is 1.00. The van der Waals surface area contributed by atoms with Crippen LogP contribution < -0.4 is 0 Å². The molecule has 0 aromatic carbocycles. The summed E-state index contributed by atoms with van der Waals surface area (Å²) in [5, 5.41) is 0. The molecular formula is C25H52N3O+. The highest BCUT2D eigenvalue weighted by molar-refractivity contribution is 4.78. The second-order valence-electron chi connectivity index (χ2n) is 9.66. The molecule has 1 atom stereocenters. The van der Waals surface area contributed by atoms with E-state index in [0.717, 1.165) is 26.3 Å². The molecule has 0 aromatic rings. The van der Waals surface area contributed by atoms with Crippen molar-refractivity contribution in [1.29, 1.82) is 0 Å².